The second-order valence-electron chi connectivity index (χ2n) is 3.07. The van der Waals surface area contributed by atoms with E-state index in [0.717, 1.165) is 0 Å². The maximum absolute atomic E-state index is 11.2. The van der Waals surface area contributed by atoms with E-state index in [1.54, 1.807) is 25.1 Å². The van der Waals surface area contributed by atoms with Crippen LogP contribution in [0.15, 0.2) is 30.3 Å². The Labute approximate surface area is 89.1 Å². The highest BCUT2D eigenvalue weighted by Crippen LogP contribution is 2.12. The van der Waals surface area contributed by atoms with Crippen molar-refractivity contribution in [3.63, 3.8) is 0 Å². The molecule has 1 aromatic rings. The molecule has 0 aliphatic carbocycles. The number of hydrogen-bond donors (Lipinski definition) is 1. The van der Waals surface area contributed by atoms with E-state index in [2.05, 4.69) is 8.37 Å². The SMILES string of the molecule is C[C@H](N)COS(=O)(=O)Oc1ccccc1. The zero-order valence-corrected chi connectivity index (χ0v) is 9.11. The predicted octanol–water partition coefficient (Wildman–Crippen LogP) is 0.674. The van der Waals surface area contributed by atoms with Crippen LogP contribution < -0.4 is 9.92 Å². The van der Waals surface area contributed by atoms with Crippen LogP contribution in [-0.2, 0) is 14.6 Å². The lowest BCUT2D eigenvalue weighted by Crippen LogP contribution is -2.25. The molecule has 0 bridgehead atoms. The van der Waals surface area contributed by atoms with E-state index in [4.69, 9.17) is 5.73 Å². The van der Waals surface area contributed by atoms with Gasteiger partial charge in [0.15, 0.2) is 0 Å². The van der Waals surface area contributed by atoms with Crippen LogP contribution in [0.1, 0.15) is 6.92 Å². The van der Waals surface area contributed by atoms with E-state index in [0.29, 0.717) is 0 Å². The first-order valence-corrected chi connectivity index (χ1v) is 5.72. The number of para-hydroxylation sites is 1. The summed E-state index contributed by atoms with van der Waals surface area (Å²) in [5.74, 6) is 0.210. The number of benzene rings is 1. The number of nitrogens with two attached hydrogens (primary N) is 1. The molecular formula is C9H13NO4S. The van der Waals surface area contributed by atoms with Gasteiger partial charge >= 0.3 is 10.4 Å². The molecule has 0 aliphatic heterocycles. The smallest absolute Gasteiger partial charge is 0.362 e. The molecule has 0 radical (unpaired) electrons. The van der Waals surface area contributed by atoms with Gasteiger partial charge in [0.05, 0.1) is 6.61 Å². The molecule has 84 valence electrons. The van der Waals surface area contributed by atoms with E-state index >= 15 is 0 Å². The van der Waals surface area contributed by atoms with Crippen molar-refractivity contribution >= 4 is 10.4 Å². The fraction of sp³-hybridized carbons (Fsp3) is 0.333. The Kier molecular flexibility index (Phi) is 4.07. The zero-order valence-electron chi connectivity index (χ0n) is 8.29. The van der Waals surface area contributed by atoms with Crippen LogP contribution in [0.5, 0.6) is 5.75 Å². The summed E-state index contributed by atoms with van der Waals surface area (Å²) < 4.78 is 31.6. The molecule has 2 N–H and O–H groups in total. The monoisotopic (exact) mass is 231 g/mol. The molecule has 1 atom stereocenters. The average Bonchev–Trinajstić information content (AvgIpc) is 2.16. The second-order valence-corrected chi connectivity index (χ2v) is 4.29. The van der Waals surface area contributed by atoms with Gasteiger partial charge in [-0.15, -0.1) is 0 Å². The number of rotatable bonds is 5. The van der Waals surface area contributed by atoms with Gasteiger partial charge in [-0.2, -0.15) is 8.42 Å². The Morgan fingerprint density at radius 1 is 1.33 bits per heavy atom. The molecule has 1 rings (SSSR count). The van der Waals surface area contributed by atoms with Crippen LogP contribution in [0.4, 0.5) is 0 Å². The van der Waals surface area contributed by atoms with Gasteiger partial charge in [0.2, 0.25) is 0 Å². The molecule has 0 saturated carbocycles. The highest BCUT2D eigenvalue weighted by atomic mass is 32.3. The maximum Gasteiger partial charge on any atom is 0.449 e. The summed E-state index contributed by atoms with van der Waals surface area (Å²) in [6.45, 7) is 1.53. The highest BCUT2D eigenvalue weighted by Gasteiger charge is 2.14. The molecule has 0 amide bonds. The largest absolute Gasteiger partial charge is 0.449 e. The lowest BCUT2D eigenvalue weighted by Gasteiger charge is -2.08. The van der Waals surface area contributed by atoms with E-state index in [1.807, 2.05) is 0 Å². The van der Waals surface area contributed by atoms with Gasteiger partial charge in [-0.1, -0.05) is 18.2 Å². The van der Waals surface area contributed by atoms with Crippen molar-refractivity contribution in [3.05, 3.63) is 30.3 Å². The van der Waals surface area contributed by atoms with Crippen molar-refractivity contribution in [1.29, 1.82) is 0 Å². The highest BCUT2D eigenvalue weighted by molar-refractivity contribution is 7.82. The standard InChI is InChI=1S/C9H13NO4S/c1-8(10)7-13-15(11,12)14-9-5-3-2-4-6-9/h2-6,8H,7,10H2,1H3/t8-/m0/s1. The molecule has 0 spiro atoms. The van der Waals surface area contributed by atoms with E-state index in [1.165, 1.54) is 12.1 Å². The molecule has 0 heterocycles. The van der Waals surface area contributed by atoms with Crippen LogP contribution in [0.2, 0.25) is 0 Å². The topological polar surface area (TPSA) is 78.6 Å². The van der Waals surface area contributed by atoms with Gasteiger partial charge in [-0.25, -0.2) is 4.18 Å². The summed E-state index contributed by atoms with van der Waals surface area (Å²) in [6.07, 6.45) is 0. The first-order valence-electron chi connectivity index (χ1n) is 4.39. The molecule has 0 aliphatic rings. The number of hydrogen-bond acceptors (Lipinski definition) is 5. The normalized spacial score (nSPS) is 13.5. The first-order chi connectivity index (χ1) is 6.99. The lowest BCUT2D eigenvalue weighted by atomic mass is 10.3. The van der Waals surface area contributed by atoms with Crippen molar-refractivity contribution in [3.8, 4) is 5.75 Å². The Bertz CT molecular complexity index is 388. The summed E-state index contributed by atoms with van der Waals surface area (Å²) in [6, 6.07) is 7.76. The summed E-state index contributed by atoms with van der Waals surface area (Å²) in [7, 11) is -4.01. The minimum absolute atomic E-state index is 0.102. The molecule has 6 heteroatoms. The lowest BCUT2D eigenvalue weighted by molar-refractivity contribution is 0.259. The van der Waals surface area contributed by atoms with Crippen molar-refractivity contribution in [1.82, 2.24) is 0 Å². The molecule has 0 fully saturated rings. The van der Waals surface area contributed by atoms with Gasteiger partial charge in [-0.05, 0) is 19.1 Å². The van der Waals surface area contributed by atoms with Crippen molar-refractivity contribution < 1.29 is 16.8 Å². The van der Waals surface area contributed by atoms with Gasteiger partial charge < -0.3 is 9.92 Å². The van der Waals surface area contributed by atoms with Crippen molar-refractivity contribution in [2.45, 2.75) is 13.0 Å². The Morgan fingerprint density at radius 2 is 1.93 bits per heavy atom. The summed E-state index contributed by atoms with van der Waals surface area (Å²) in [5.41, 5.74) is 5.35. The zero-order chi connectivity index (χ0) is 11.3. The Balaban J connectivity index is 2.57. The van der Waals surface area contributed by atoms with E-state index in [-0.39, 0.29) is 18.4 Å². The van der Waals surface area contributed by atoms with Crippen LogP contribution >= 0.6 is 0 Å². The van der Waals surface area contributed by atoms with Crippen molar-refractivity contribution in [2.24, 2.45) is 5.73 Å². The average molecular weight is 231 g/mol. The quantitative estimate of drug-likeness (QED) is 0.806. The molecular weight excluding hydrogens is 218 g/mol. The van der Waals surface area contributed by atoms with Gasteiger partial charge in [0.1, 0.15) is 5.75 Å². The fourth-order valence-corrected chi connectivity index (χ4v) is 1.58. The third kappa shape index (κ3) is 4.78. The molecule has 0 unspecified atom stereocenters. The Morgan fingerprint density at radius 3 is 2.47 bits per heavy atom. The van der Waals surface area contributed by atoms with Crippen LogP contribution in [0.25, 0.3) is 0 Å². The summed E-state index contributed by atoms with van der Waals surface area (Å²) in [5, 5.41) is 0. The third-order valence-electron chi connectivity index (χ3n) is 1.42. The van der Waals surface area contributed by atoms with Gasteiger partial charge in [0, 0.05) is 6.04 Å². The van der Waals surface area contributed by atoms with E-state index in [9.17, 15) is 8.42 Å². The van der Waals surface area contributed by atoms with E-state index < -0.39 is 10.4 Å². The van der Waals surface area contributed by atoms with Crippen LogP contribution in [-0.4, -0.2) is 21.1 Å². The fourth-order valence-electron chi connectivity index (χ4n) is 0.809. The van der Waals surface area contributed by atoms with Crippen LogP contribution in [0, 0.1) is 0 Å². The van der Waals surface area contributed by atoms with Crippen LogP contribution in [0.3, 0.4) is 0 Å². The van der Waals surface area contributed by atoms with Gasteiger partial charge in [0.25, 0.3) is 0 Å². The second kappa shape index (κ2) is 5.11. The predicted molar refractivity (Wildman–Crippen MR) is 55.6 cm³/mol. The summed E-state index contributed by atoms with van der Waals surface area (Å²) >= 11 is 0. The maximum atomic E-state index is 11.2. The minimum atomic E-state index is -4.01. The first kappa shape index (κ1) is 12.0. The molecule has 0 aromatic heterocycles. The summed E-state index contributed by atoms with van der Waals surface area (Å²) in [4.78, 5) is 0. The molecule has 0 saturated heterocycles. The molecule has 15 heavy (non-hydrogen) atoms. The third-order valence-corrected chi connectivity index (χ3v) is 2.24. The molecule has 5 nitrogen and oxygen atoms in total. The Hall–Kier alpha value is -1.11. The van der Waals surface area contributed by atoms with Gasteiger partial charge in [-0.3, -0.25) is 0 Å². The molecule has 1 aromatic carbocycles. The minimum Gasteiger partial charge on any atom is -0.362 e. The van der Waals surface area contributed by atoms with Crippen molar-refractivity contribution in [2.75, 3.05) is 6.61 Å².